The molecule has 0 bridgehead atoms. The van der Waals surface area contributed by atoms with Crippen molar-refractivity contribution in [2.24, 2.45) is 5.92 Å². The molecule has 142 valence electrons. The van der Waals surface area contributed by atoms with Crippen LogP contribution in [0.2, 0.25) is 0 Å². The Labute approximate surface area is 159 Å². The highest BCUT2D eigenvalue weighted by Crippen LogP contribution is 2.19. The number of rotatable bonds is 9. The van der Waals surface area contributed by atoms with Crippen LogP contribution in [0.25, 0.3) is 0 Å². The first-order chi connectivity index (χ1) is 12.5. The summed E-state index contributed by atoms with van der Waals surface area (Å²) in [5, 5.41) is 12.5. The molecule has 1 N–H and O–H groups in total. The third-order valence-electron chi connectivity index (χ3n) is 4.06. The number of ether oxygens (including phenoxy) is 1. The first kappa shape index (κ1) is 20.3. The summed E-state index contributed by atoms with van der Waals surface area (Å²) < 4.78 is 7.46. The van der Waals surface area contributed by atoms with Gasteiger partial charge in [0.1, 0.15) is 11.6 Å². The van der Waals surface area contributed by atoms with E-state index in [9.17, 15) is 4.79 Å². The number of methoxy groups -OCH3 is 1. The largest absolute Gasteiger partial charge is 0.496 e. The second-order valence-corrected chi connectivity index (χ2v) is 7.42. The van der Waals surface area contributed by atoms with Crippen LogP contribution in [0.3, 0.4) is 0 Å². The summed E-state index contributed by atoms with van der Waals surface area (Å²) >= 11 is 1.61. The van der Waals surface area contributed by atoms with E-state index in [0.717, 1.165) is 41.7 Å². The number of thioether (sulfide) groups is 1. The highest BCUT2D eigenvalue weighted by Gasteiger charge is 2.13. The van der Waals surface area contributed by atoms with Gasteiger partial charge in [-0.25, -0.2) is 0 Å². The number of aryl methyl sites for hydroxylation is 2. The number of carbonyl (C=O) groups is 1. The maximum Gasteiger partial charge on any atom is 0.251 e. The van der Waals surface area contributed by atoms with Crippen LogP contribution in [-0.2, 0) is 13.0 Å². The third kappa shape index (κ3) is 5.24. The van der Waals surface area contributed by atoms with E-state index >= 15 is 0 Å². The van der Waals surface area contributed by atoms with Crippen LogP contribution in [0.4, 0.5) is 0 Å². The minimum atomic E-state index is -0.0863. The molecule has 26 heavy (non-hydrogen) atoms. The van der Waals surface area contributed by atoms with Gasteiger partial charge in [0.2, 0.25) is 0 Å². The molecule has 1 aromatic heterocycles. The normalized spacial score (nSPS) is 11.0. The summed E-state index contributed by atoms with van der Waals surface area (Å²) in [6.45, 7) is 7.83. The van der Waals surface area contributed by atoms with Gasteiger partial charge in [-0.1, -0.05) is 31.7 Å². The Morgan fingerprint density at radius 1 is 1.35 bits per heavy atom. The molecule has 1 amide bonds. The summed E-state index contributed by atoms with van der Waals surface area (Å²) in [5.41, 5.74) is 1.62. The van der Waals surface area contributed by atoms with Crippen molar-refractivity contribution in [2.45, 2.75) is 45.3 Å². The van der Waals surface area contributed by atoms with Crippen LogP contribution >= 0.6 is 11.8 Å². The van der Waals surface area contributed by atoms with Crippen molar-refractivity contribution in [3.05, 3.63) is 35.2 Å². The molecule has 0 radical (unpaired) electrons. The molecule has 0 aliphatic carbocycles. The molecule has 0 fully saturated rings. The Morgan fingerprint density at radius 3 is 2.77 bits per heavy atom. The Kier molecular flexibility index (Phi) is 7.50. The second-order valence-electron chi connectivity index (χ2n) is 6.65. The Morgan fingerprint density at radius 2 is 2.12 bits per heavy atom. The van der Waals surface area contributed by atoms with Crippen molar-refractivity contribution in [1.29, 1.82) is 0 Å². The fourth-order valence-corrected chi connectivity index (χ4v) is 3.24. The van der Waals surface area contributed by atoms with E-state index in [0.29, 0.717) is 18.0 Å². The summed E-state index contributed by atoms with van der Waals surface area (Å²) in [5.74, 6) is 2.15. The maximum atomic E-state index is 12.3. The molecule has 2 rings (SSSR count). The van der Waals surface area contributed by atoms with Gasteiger partial charge in [-0.2, -0.15) is 0 Å². The highest BCUT2D eigenvalue weighted by atomic mass is 32.2. The lowest BCUT2D eigenvalue weighted by Gasteiger charge is -2.12. The van der Waals surface area contributed by atoms with Crippen LogP contribution in [0, 0.1) is 12.8 Å². The first-order valence-corrected chi connectivity index (χ1v) is 10.1. The van der Waals surface area contributed by atoms with Crippen molar-refractivity contribution in [3.63, 3.8) is 0 Å². The van der Waals surface area contributed by atoms with Crippen LogP contribution in [0.15, 0.2) is 23.4 Å². The quantitative estimate of drug-likeness (QED) is 0.537. The molecule has 0 aliphatic rings. The molecule has 0 unspecified atom stereocenters. The lowest BCUT2D eigenvalue weighted by molar-refractivity contribution is 0.0953. The van der Waals surface area contributed by atoms with E-state index in [4.69, 9.17) is 4.74 Å². The van der Waals surface area contributed by atoms with E-state index in [-0.39, 0.29) is 5.91 Å². The van der Waals surface area contributed by atoms with Gasteiger partial charge in [0, 0.05) is 25.1 Å². The fourth-order valence-electron chi connectivity index (χ4n) is 2.72. The van der Waals surface area contributed by atoms with E-state index in [1.165, 1.54) is 0 Å². The molecular weight excluding hydrogens is 348 g/mol. The molecule has 0 atom stereocenters. The van der Waals surface area contributed by atoms with E-state index < -0.39 is 0 Å². The molecule has 7 heteroatoms. The Bertz CT molecular complexity index is 743. The number of aromatic nitrogens is 3. The SMILES string of the molecule is COc1cc(C(=O)NCCCc2nnc(SC)n2CC(C)C)ccc1C. The van der Waals surface area contributed by atoms with Crippen molar-refractivity contribution in [2.75, 3.05) is 19.9 Å². The van der Waals surface area contributed by atoms with Crippen LogP contribution in [0.5, 0.6) is 5.75 Å². The molecule has 1 heterocycles. The average Bonchev–Trinajstić information content (AvgIpc) is 3.00. The number of hydrogen-bond acceptors (Lipinski definition) is 5. The van der Waals surface area contributed by atoms with E-state index in [1.54, 1.807) is 24.9 Å². The van der Waals surface area contributed by atoms with Gasteiger partial charge in [-0.15, -0.1) is 10.2 Å². The van der Waals surface area contributed by atoms with Crippen molar-refractivity contribution in [3.8, 4) is 5.75 Å². The third-order valence-corrected chi connectivity index (χ3v) is 4.72. The van der Waals surface area contributed by atoms with Crippen molar-refractivity contribution in [1.82, 2.24) is 20.1 Å². The summed E-state index contributed by atoms with van der Waals surface area (Å²) in [6.07, 6.45) is 3.62. The van der Waals surface area contributed by atoms with Gasteiger partial charge in [-0.05, 0) is 43.2 Å². The van der Waals surface area contributed by atoms with Gasteiger partial charge in [0.05, 0.1) is 7.11 Å². The zero-order chi connectivity index (χ0) is 19.1. The van der Waals surface area contributed by atoms with E-state index in [1.807, 2.05) is 25.3 Å². The standard InChI is InChI=1S/C19H28N4O2S/c1-13(2)12-23-17(21-22-19(23)26-5)7-6-10-20-18(24)15-9-8-14(3)16(11-15)25-4/h8-9,11,13H,6-7,10,12H2,1-5H3,(H,20,24). The molecule has 0 saturated heterocycles. The minimum Gasteiger partial charge on any atom is -0.496 e. The number of benzene rings is 1. The van der Waals surface area contributed by atoms with Gasteiger partial charge in [0.25, 0.3) is 5.91 Å². The molecule has 1 aromatic carbocycles. The molecule has 0 saturated carbocycles. The topological polar surface area (TPSA) is 69.0 Å². The molecule has 0 spiro atoms. The lowest BCUT2D eigenvalue weighted by Crippen LogP contribution is -2.25. The second kappa shape index (κ2) is 9.62. The number of hydrogen-bond donors (Lipinski definition) is 1. The van der Waals surface area contributed by atoms with Crippen LogP contribution < -0.4 is 10.1 Å². The monoisotopic (exact) mass is 376 g/mol. The fraction of sp³-hybridized carbons (Fsp3) is 0.526. The maximum absolute atomic E-state index is 12.3. The molecule has 6 nitrogen and oxygen atoms in total. The number of amides is 1. The van der Waals surface area contributed by atoms with Crippen molar-refractivity contribution < 1.29 is 9.53 Å². The van der Waals surface area contributed by atoms with Gasteiger partial charge < -0.3 is 14.6 Å². The van der Waals surface area contributed by atoms with E-state index in [2.05, 4.69) is 33.9 Å². The minimum absolute atomic E-state index is 0.0863. The van der Waals surface area contributed by atoms with Gasteiger partial charge in [-0.3, -0.25) is 4.79 Å². The highest BCUT2D eigenvalue weighted by molar-refractivity contribution is 7.98. The zero-order valence-electron chi connectivity index (χ0n) is 16.2. The van der Waals surface area contributed by atoms with Crippen LogP contribution in [-0.4, -0.2) is 40.6 Å². The lowest BCUT2D eigenvalue weighted by atomic mass is 10.1. The van der Waals surface area contributed by atoms with Crippen LogP contribution in [0.1, 0.15) is 42.0 Å². The Balaban J connectivity index is 1.89. The summed E-state index contributed by atoms with van der Waals surface area (Å²) in [7, 11) is 1.61. The first-order valence-electron chi connectivity index (χ1n) is 8.85. The Hall–Kier alpha value is -2.02. The molecular formula is C19H28N4O2S. The summed E-state index contributed by atoms with van der Waals surface area (Å²) in [6, 6.07) is 5.48. The zero-order valence-corrected chi connectivity index (χ0v) is 17.0. The smallest absolute Gasteiger partial charge is 0.251 e. The number of carbonyl (C=O) groups excluding carboxylic acids is 1. The molecule has 2 aromatic rings. The summed E-state index contributed by atoms with van der Waals surface area (Å²) in [4.78, 5) is 12.3. The average molecular weight is 377 g/mol. The van der Waals surface area contributed by atoms with Crippen molar-refractivity contribution >= 4 is 17.7 Å². The molecule has 0 aliphatic heterocycles. The predicted molar refractivity (Wildman–Crippen MR) is 105 cm³/mol. The number of nitrogens with zero attached hydrogens (tertiary/aromatic N) is 3. The van der Waals surface area contributed by atoms with Gasteiger partial charge in [0.15, 0.2) is 5.16 Å². The van der Waals surface area contributed by atoms with Gasteiger partial charge >= 0.3 is 0 Å². The number of nitrogens with one attached hydrogen (secondary N) is 1. The predicted octanol–water partition coefficient (Wildman–Crippen LogP) is 3.34.